The van der Waals surface area contributed by atoms with Crippen molar-refractivity contribution in [3.63, 3.8) is 0 Å². The van der Waals surface area contributed by atoms with E-state index in [1.165, 1.54) is 11.3 Å². The Morgan fingerprint density at radius 1 is 1.00 bits per heavy atom. The number of nitrogens with one attached hydrogen (secondary N) is 1. The zero-order chi connectivity index (χ0) is 27.9. The molecule has 9 heteroatoms. The molecule has 0 unspecified atom stereocenters. The molecule has 40 heavy (non-hydrogen) atoms. The minimum absolute atomic E-state index is 0.0609. The summed E-state index contributed by atoms with van der Waals surface area (Å²) in [6.07, 6.45) is 5.75. The Labute approximate surface area is 235 Å². The molecular formula is C31H25N5O3S. The van der Waals surface area contributed by atoms with Gasteiger partial charge in [0.1, 0.15) is 23.1 Å². The van der Waals surface area contributed by atoms with Crippen LogP contribution in [0.3, 0.4) is 0 Å². The molecule has 5 rings (SSSR count). The van der Waals surface area contributed by atoms with Crippen molar-refractivity contribution in [3.05, 3.63) is 113 Å². The van der Waals surface area contributed by atoms with Crippen molar-refractivity contribution in [1.29, 1.82) is 5.26 Å². The van der Waals surface area contributed by atoms with Gasteiger partial charge in [-0.15, -0.1) is 11.3 Å². The van der Waals surface area contributed by atoms with Crippen LogP contribution in [0.4, 0.5) is 5.13 Å². The molecule has 0 radical (unpaired) electrons. The van der Waals surface area contributed by atoms with Crippen molar-refractivity contribution in [2.45, 2.75) is 6.42 Å². The van der Waals surface area contributed by atoms with Crippen molar-refractivity contribution in [1.82, 2.24) is 14.8 Å². The van der Waals surface area contributed by atoms with Crippen LogP contribution >= 0.6 is 11.3 Å². The van der Waals surface area contributed by atoms with E-state index < -0.39 is 5.91 Å². The normalized spacial score (nSPS) is 11.1. The fraction of sp³-hybridized carbons (Fsp3) is 0.0968. The summed E-state index contributed by atoms with van der Waals surface area (Å²) in [6, 6.07) is 26.9. The smallest absolute Gasteiger partial charge is 0.268 e. The van der Waals surface area contributed by atoms with Gasteiger partial charge in [0.15, 0.2) is 5.13 Å². The third-order valence-corrected chi connectivity index (χ3v) is 7.02. The lowest BCUT2D eigenvalue weighted by molar-refractivity contribution is -0.112. The highest BCUT2D eigenvalue weighted by atomic mass is 32.1. The number of rotatable bonds is 9. The quantitative estimate of drug-likeness (QED) is 0.175. The van der Waals surface area contributed by atoms with Gasteiger partial charge >= 0.3 is 0 Å². The van der Waals surface area contributed by atoms with Crippen LogP contribution in [0.25, 0.3) is 23.0 Å². The van der Waals surface area contributed by atoms with Crippen molar-refractivity contribution >= 4 is 28.5 Å². The van der Waals surface area contributed by atoms with E-state index in [-0.39, 0.29) is 5.57 Å². The Hall–Kier alpha value is -5.20. The molecule has 5 aromatic rings. The first-order chi connectivity index (χ1) is 19.6. The van der Waals surface area contributed by atoms with Crippen molar-refractivity contribution in [3.8, 4) is 34.5 Å². The molecule has 1 amide bonds. The second-order valence-electron chi connectivity index (χ2n) is 8.72. The Morgan fingerprint density at radius 2 is 1.68 bits per heavy atom. The molecule has 0 aliphatic heterocycles. The number of nitrogens with zero attached hydrogens (tertiary/aromatic N) is 4. The average molecular weight is 548 g/mol. The van der Waals surface area contributed by atoms with Crippen LogP contribution in [-0.4, -0.2) is 34.9 Å². The van der Waals surface area contributed by atoms with Gasteiger partial charge in [0.25, 0.3) is 5.91 Å². The largest absolute Gasteiger partial charge is 0.497 e. The number of hydrogen-bond donors (Lipinski definition) is 1. The molecule has 8 nitrogen and oxygen atoms in total. The molecule has 0 spiro atoms. The van der Waals surface area contributed by atoms with Crippen LogP contribution < -0.4 is 14.8 Å². The number of benzene rings is 3. The average Bonchev–Trinajstić information content (AvgIpc) is 3.63. The van der Waals surface area contributed by atoms with Gasteiger partial charge < -0.3 is 9.47 Å². The number of nitriles is 1. The van der Waals surface area contributed by atoms with E-state index in [0.29, 0.717) is 22.8 Å². The van der Waals surface area contributed by atoms with Crippen LogP contribution in [-0.2, 0) is 11.2 Å². The van der Waals surface area contributed by atoms with Gasteiger partial charge in [-0.2, -0.15) is 10.4 Å². The second kappa shape index (κ2) is 12.1. The number of aromatic nitrogens is 3. The Bertz CT molecular complexity index is 1680. The van der Waals surface area contributed by atoms with Crippen LogP contribution in [0.5, 0.6) is 11.5 Å². The Morgan fingerprint density at radius 3 is 2.33 bits per heavy atom. The summed E-state index contributed by atoms with van der Waals surface area (Å²) in [5.41, 5.74) is 3.97. The molecule has 2 heterocycles. The van der Waals surface area contributed by atoms with Crippen LogP contribution in [0.15, 0.2) is 96.8 Å². The predicted octanol–water partition coefficient (Wildman–Crippen LogP) is 6.15. The van der Waals surface area contributed by atoms with Gasteiger partial charge in [-0.25, -0.2) is 9.67 Å². The van der Waals surface area contributed by atoms with Crippen LogP contribution in [0.2, 0.25) is 0 Å². The van der Waals surface area contributed by atoms with E-state index in [4.69, 9.17) is 14.6 Å². The molecule has 0 saturated carbocycles. The number of thiazole rings is 1. The summed E-state index contributed by atoms with van der Waals surface area (Å²) in [6.45, 7) is 0. The maximum atomic E-state index is 13.1. The Balaban J connectivity index is 1.39. The third-order valence-electron chi connectivity index (χ3n) is 6.10. The monoisotopic (exact) mass is 547 g/mol. The van der Waals surface area contributed by atoms with Gasteiger partial charge in [0.05, 0.1) is 25.6 Å². The first-order valence-corrected chi connectivity index (χ1v) is 13.2. The zero-order valence-corrected chi connectivity index (χ0v) is 22.7. The lowest BCUT2D eigenvalue weighted by Gasteiger charge is -2.03. The number of para-hydroxylation sites is 1. The number of anilines is 1. The van der Waals surface area contributed by atoms with Crippen LogP contribution in [0.1, 0.15) is 16.0 Å². The fourth-order valence-electron chi connectivity index (χ4n) is 4.04. The summed E-state index contributed by atoms with van der Waals surface area (Å²) >= 11 is 1.37. The number of amides is 1. The summed E-state index contributed by atoms with van der Waals surface area (Å²) in [5.74, 6) is 0.970. The molecule has 0 aliphatic rings. The van der Waals surface area contributed by atoms with E-state index in [1.807, 2.05) is 84.9 Å². The van der Waals surface area contributed by atoms with Gasteiger partial charge in [-0.3, -0.25) is 10.1 Å². The fourth-order valence-corrected chi connectivity index (χ4v) is 4.88. The number of methoxy groups -OCH3 is 2. The predicted molar refractivity (Wildman–Crippen MR) is 156 cm³/mol. The maximum Gasteiger partial charge on any atom is 0.268 e. The molecule has 0 fully saturated rings. The van der Waals surface area contributed by atoms with E-state index in [2.05, 4.69) is 10.3 Å². The molecule has 0 bridgehead atoms. The molecule has 0 aliphatic carbocycles. The van der Waals surface area contributed by atoms with Gasteiger partial charge in [-0.1, -0.05) is 30.3 Å². The summed E-state index contributed by atoms with van der Waals surface area (Å²) in [7, 11) is 3.24. The van der Waals surface area contributed by atoms with Gasteiger partial charge in [-0.05, 0) is 60.2 Å². The molecule has 0 atom stereocenters. The summed E-state index contributed by atoms with van der Waals surface area (Å²) < 4.78 is 12.2. The highest BCUT2D eigenvalue weighted by Gasteiger charge is 2.17. The second-order valence-corrected chi connectivity index (χ2v) is 9.84. The molecular weight excluding hydrogens is 522 g/mol. The van der Waals surface area contributed by atoms with E-state index in [0.717, 1.165) is 33.2 Å². The number of ether oxygens (including phenoxy) is 2. The molecule has 1 N–H and O–H groups in total. The Kier molecular flexibility index (Phi) is 7.99. The summed E-state index contributed by atoms with van der Waals surface area (Å²) in [5, 5.41) is 17.8. The minimum Gasteiger partial charge on any atom is -0.497 e. The SMILES string of the molecule is COc1ccc(Cc2cnc(NC(=O)/C(C#N)=C/c3cn(-c4ccccc4)nc3-c3ccc(OC)cc3)s2)cc1. The molecule has 2 aromatic heterocycles. The molecule has 3 aromatic carbocycles. The summed E-state index contributed by atoms with van der Waals surface area (Å²) in [4.78, 5) is 18.4. The highest BCUT2D eigenvalue weighted by Crippen LogP contribution is 2.28. The van der Waals surface area contributed by atoms with E-state index >= 15 is 0 Å². The van der Waals surface area contributed by atoms with Crippen LogP contribution in [0, 0.1) is 11.3 Å². The number of hydrogen-bond acceptors (Lipinski definition) is 7. The van der Waals surface area contributed by atoms with Crippen molar-refractivity contribution in [2.75, 3.05) is 19.5 Å². The van der Waals surface area contributed by atoms with E-state index in [1.54, 1.807) is 37.4 Å². The minimum atomic E-state index is -0.541. The molecule has 0 saturated heterocycles. The number of carbonyl (C=O) groups is 1. The van der Waals surface area contributed by atoms with Crippen molar-refractivity contribution < 1.29 is 14.3 Å². The molecule has 198 valence electrons. The lowest BCUT2D eigenvalue weighted by atomic mass is 10.1. The number of carbonyl (C=O) groups excluding carboxylic acids is 1. The highest BCUT2D eigenvalue weighted by molar-refractivity contribution is 7.15. The van der Waals surface area contributed by atoms with E-state index in [9.17, 15) is 10.1 Å². The first-order valence-electron chi connectivity index (χ1n) is 12.4. The zero-order valence-electron chi connectivity index (χ0n) is 21.9. The first kappa shape index (κ1) is 26.4. The van der Waals surface area contributed by atoms with Crippen molar-refractivity contribution in [2.24, 2.45) is 0 Å². The van der Waals surface area contributed by atoms with Gasteiger partial charge in [0.2, 0.25) is 0 Å². The maximum absolute atomic E-state index is 13.1. The third kappa shape index (κ3) is 6.09. The topological polar surface area (TPSA) is 102 Å². The standard InChI is InChI=1S/C31H25N5O3S/c1-38-26-12-8-21(9-13-26)16-28-19-33-31(40-28)34-30(37)23(18-32)17-24-20-36(25-6-4-3-5-7-25)35-29(24)22-10-14-27(39-2)15-11-22/h3-15,17,19-20H,16H2,1-2H3,(H,33,34,37)/b23-17+. The van der Waals surface area contributed by atoms with Gasteiger partial charge in [0, 0.05) is 34.8 Å². The lowest BCUT2D eigenvalue weighted by Crippen LogP contribution is -2.13.